The number of hydrogen-bond donors (Lipinski definition) is 1. The van der Waals surface area contributed by atoms with Crippen LogP contribution in [0.15, 0.2) is 30.5 Å². The molecule has 1 unspecified atom stereocenters. The highest BCUT2D eigenvalue weighted by atomic mass is 35.5. The van der Waals surface area contributed by atoms with Crippen LogP contribution in [0, 0.1) is 6.92 Å². The molecule has 0 bridgehead atoms. The van der Waals surface area contributed by atoms with Crippen molar-refractivity contribution in [2.75, 3.05) is 0 Å². The third-order valence-electron chi connectivity index (χ3n) is 2.55. The molecule has 4 heteroatoms. The second-order valence-electron chi connectivity index (χ2n) is 3.77. The average molecular weight is 237 g/mol. The Morgan fingerprint density at radius 2 is 2.00 bits per heavy atom. The molecule has 1 heterocycles. The van der Waals surface area contributed by atoms with E-state index in [-0.39, 0.29) is 0 Å². The van der Waals surface area contributed by atoms with Crippen LogP contribution in [-0.2, 0) is 7.05 Å². The fourth-order valence-electron chi connectivity index (χ4n) is 1.75. The zero-order chi connectivity index (χ0) is 11.7. The van der Waals surface area contributed by atoms with Crippen LogP contribution in [0.25, 0.3) is 0 Å². The van der Waals surface area contributed by atoms with Gasteiger partial charge in [0.25, 0.3) is 0 Å². The van der Waals surface area contributed by atoms with E-state index in [9.17, 15) is 5.11 Å². The van der Waals surface area contributed by atoms with Crippen LogP contribution in [0.2, 0.25) is 5.02 Å². The Labute approximate surface area is 99.3 Å². The molecule has 0 saturated heterocycles. The smallest absolute Gasteiger partial charge is 0.109 e. The van der Waals surface area contributed by atoms with E-state index in [0.29, 0.717) is 10.6 Å². The zero-order valence-corrected chi connectivity index (χ0v) is 9.94. The van der Waals surface area contributed by atoms with Gasteiger partial charge in [-0.3, -0.25) is 4.68 Å². The Bertz CT molecular complexity index is 507. The number of rotatable bonds is 2. The Morgan fingerprint density at radius 1 is 1.31 bits per heavy atom. The molecule has 0 spiro atoms. The van der Waals surface area contributed by atoms with Crippen molar-refractivity contribution in [1.29, 1.82) is 0 Å². The van der Waals surface area contributed by atoms with Gasteiger partial charge in [0.05, 0.1) is 5.69 Å². The lowest BCUT2D eigenvalue weighted by molar-refractivity contribution is 0.219. The summed E-state index contributed by atoms with van der Waals surface area (Å²) < 4.78 is 1.69. The van der Waals surface area contributed by atoms with Crippen molar-refractivity contribution in [3.63, 3.8) is 0 Å². The SMILES string of the molecule is Cc1nn(C)cc1C(O)c1ccccc1Cl. The zero-order valence-electron chi connectivity index (χ0n) is 9.18. The Hall–Kier alpha value is -1.32. The lowest BCUT2D eigenvalue weighted by atomic mass is 10.0. The predicted octanol–water partition coefficient (Wildman–Crippen LogP) is 2.46. The molecule has 0 aliphatic heterocycles. The van der Waals surface area contributed by atoms with Crippen molar-refractivity contribution in [1.82, 2.24) is 9.78 Å². The molecule has 2 aromatic rings. The molecule has 2 rings (SSSR count). The molecular weight excluding hydrogens is 224 g/mol. The standard InChI is InChI=1S/C12H13ClN2O/c1-8-10(7-15(2)14-8)12(16)9-5-3-4-6-11(9)13/h3-7,12,16H,1-2H3. The number of benzene rings is 1. The Kier molecular flexibility index (Phi) is 2.99. The van der Waals surface area contributed by atoms with Crippen LogP contribution in [-0.4, -0.2) is 14.9 Å². The van der Waals surface area contributed by atoms with Gasteiger partial charge in [-0.2, -0.15) is 5.10 Å². The van der Waals surface area contributed by atoms with Gasteiger partial charge < -0.3 is 5.11 Å². The van der Waals surface area contributed by atoms with E-state index in [1.54, 1.807) is 10.7 Å². The maximum atomic E-state index is 10.2. The maximum absolute atomic E-state index is 10.2. The van der Waals surface area contributed by atoms with Gasteiger partial charge >= 0.3 is 0 Å². The highest BCUT2D eigenvalue weighted by molar-refractivity contribution is 6.31. The number of halogens is 1. The molecule has 0 fully saturated rings. The quantitative estimate of drug-likeness (QED) is 0.870. The first-order valence-electron chi connectivity index (χ1n) is 5.02. The van der Waals surface area contributed by atoms with Crippen LogP contribution in [0.1, 0.15) is 22.9 Å². The summed E-state index contributed by atoms with van der Waals surface area (Å²) in [5.41, 5.74) is 2.31. The average Bonchev–Trinajstić information content (AvgIpc) is 2.58. The summed E-state index contributed by atoms with van der Waals surface area (Å²) in [6, 6.07) is 7.29. The maximum Gasteiger partial charge on any atom is 0.109 e. The summed E-state index contributed by atoms with van der Waals surface area (Å²) in [6.45, 7) is 1.87. The van der Waals surface area contributed by atoms with E-state index in [0.717, 1.165) is 11.3 Å². The van der Waals surface area contributed by atoms with Gasteiger partial charge in [0.2, 0.25) is 0 Å². The molecule has 1 aromatic carbocycles. The van der Waals surface area contributed by atoms with Crippen LogP contribution in [0.4, 0.5) is 0 Å². The topological polar surface area (TPSA) is 38.0 Å². The van der Waals surface area contributed by atoms with E-state index in [2.05, 4.69) is 5.10 Å². The molecule has 84 valence electrons. The van der Waals surface area contributed by atoms with Gasteiger partial charge in [-0.05, 0) is 13.0 Å². The summed E-state index contributed by atoms with van der Waals surface area (Å²) in [4.78, 5) is 0. The minimum Gasteiger partial charge on any atom is -0.383 e. The molecule has 0 aliphatic rings. The number of hydrogen-bond acceptors (Lipinski definition) is 2. The fraction of sp³-hybridized carbons (Fsp3) is 0.250. The van der Waals surface area contributed by atoms with Crippen LogP contribution >= 0.6 is 11.6 Å². The van der Waals surface area contributed by atoms with E-state index in [1.165, 1.54) is 0 Å². The lowest BCUT2D eigenvalue weighted by Crippen LogP contribution is -2.00. The molecule has 1 N–H and O–H groups in total. The number of aliphatic hydroxyl groups excluding tert-OH is 1. The Balaban J connectivity index is 2.43. The van der Waals surface area contributed by atoms with Crippen molar-refractivity contribution in [3.05, 3.63) is 52.3 Å². The van der Waals surface area contributed by atoms with Crippen LogP contribution < -0.4 is 0 Å². The second kappa shape index (κ2) is 4.28. The number of aromatic nitrogens is 2. The van der Waals surface area contributed by atoms with E-state index in [1.807, 2.05) is 38.4 Å². The monoisotopic (exact) mass is 236 g/mol. The van der Waals surface area contributed by atoms with Gasteiger partial charge in [0.15, 0.2) is 0 Å². The van der Waals surface area contributed by atoms with Crippen molar-refractivity contribution in [2.45, 2.75) is 13.0 Å². The van der Waals surface area contributed by atoms with Gasteiger partial charge in [0, 0.05) is 29.4 Å². The third kappa shape index (κ3) is 1.96. The fourth-order valence-corrected chi connectivity index (χ4v) is 1.99. The molecule has 1 atom stereocenters. The van der Waals surface area contributed by atoms with Crippen molar-refractivity contribution in [3.8, 4) is 0 Å². The highest BCUT2D eigenvalue weighted by Gasteiger charge is 2.17. The molecule has 0 radical (unpaired) electrons. The number of aryl methyl sites for hydroxylation is 2. The molecular formula is C12H13ClN2O. The van der Waals surface area contributed by atoms with Gasteiger partial charge in [-0.25, -0.2) is 0 Å². The van der Waals surface area contributed by atoms with E-state index in [4.69, 9.17) is 11.6 Å². The largest absolute Gasteiger partial charge is 0.383 e. The number of aliphatic hydroxyl groups is 1. The summed E-state index contributed by atoms with van der Waals surface area (Å²) in [6.07, 6.45) is 1.09. The molecule has 16 heavy (non-hydrogen) atoms. The second-order valence-corrected chi connectivity index (χ2v) is 4.17. The highest BCUT2D eigenvalue weighted by Crippen LogP contribution is 2.29. The summed E-state index contributed by atoms with van der Waals surface area (Å²) in [5.74, 6) is 0. The minimum absolute atomic E-state index is 0.568. The van der Waals surface area contributed by atoms with Crippen molar-refractivity contribution >= 4 is 11.6 Å². The summed E-state index contributed by atoms with van der Waals surface area (Å²) in [7, 11) is 1.83. The van der Waals surface area contributed by atoms with Gasteiger partial charge in [-0.15, -0.1) is 0 Å². The first-order chi connectivity index (χ1) is 7.59. The molecule has 1 aromatic heterocycles. The van der Waals surface area contributed by atoms with Crippen molar-refractivity contribution in [2.24, 2.45) is 7.05 Å². The predicted molar refractivity (Wildman–Crippen MR) is 63.5 cm³/mol. The molecule has 0 aliphatic carbocycles. The third-order valence-corrected chi connectivity index (χ3v) is 2.89. The van der Waals surface area contributed by atoms with E-state index < -0.39 is 6.10 Å². The molecule has 0 amide bonds. The van der Waals surface area contributed by atoms with E-state index >= 15 is 0 Å². The summed E-state index contributed by atoms with van der Waals surface area (Å²) >= 11 is 6.04. The minimum atomic E-state index is -0.720. The molecule has 0 saturated carbocycles. The van der Waals surface area contributed by atoms with Gasteiger partial charge in [-0.1, -0.05) is 29.8 Å². The summed E-state index contributed by atoms with van der Waals surface area (Å²) in [5, 5.41) is 15.0. The Morgan fingerprint density at radius 3 is 2.56 bits per heavy atom. The first kappa shape index (κ1) is 11.2. The number of nitrogens with zero attached hydrogens (tertiary/aromatic N) is 2. The molecule has 3 nitrogen and oxygen atoms in total. The first-order valence-corrected chi connectivity index (χ1v) is 5.40. The van der Waals surface area contributed by atoms with Crippen molar-refractivity contribution < 1.29 is 5.11 Å². The van der Waals surface area contributed by atoms with Gasteiger partial charge in [0.1, 0.15) is 6.10 Å². The normalized spacial score (nSPS) is 12.8. The van der Waals surface area contributed by atoms with Crippen LogP contribution in [0.5, 0.6) is 0 Å². The van der Waals surface area contributed by atoms with Crippen LogP contribution in [0.3, 0.4) is 0 Å². The lowest BCUT2D eigenvalue weighted by Gasteiger charge is -2.11.